The predicted molar refractivity (Wildman–Crippen MR) is 105 cm³/mol. The highest BCUT2D eigenvalue weighted by Crippen LogP contribution is 2.17. The third-order valence-corrected chi connectivity index (χ3v) is 4.96. The van der Waals surface area contributed by atoms with Crippen molar-refractivity contribution in [2.45, 2.75) is 6.92 Å². The van der Waals surface area contributed by atoms with Gasteiger partial charge in [0.15, 0.2) is 0 Å². The summed E-state index contributed by atoms with van der Waals surface area (Å²) in [5, 5.41) is 2.94. The zero-order valence-electron chi connectivity index (χ0n) is 16.4. The highest BCUT2D eigenvalue weighted by atomic mass is 16.6. The van der Waals surface area contributed by atoms with Gasteiger partial charge in [0.05, 0.1) is 19.8 Å². The summed E-state index contributed by atoms with van der Waals surface area (Å²) in [6.45, 7) is 9.48. The molecular weight excluding hydrogens is 362 g/mol. The normalized spacial score (nSPS) is 18.0. The van der Waals surface area contributed by atoms with Crippen LogP contribution in [-0.2, 0) is 9.47 Å². The van der Waals surface area contributed by atoms with E-state index < -0.39 is 0 Å². The number of morpholine rings is 1. The standard InChI is InChI=1S/C19H29N5O4/c1-2-28-19(26)24-9-7-23(8-10-24)16-3-4-20-17(15-16)18(25)21-5-6-22-11-13-27-14-12-22/h3-4,15H,2,5-14H2,1H3,(H,21,25). The minimum atomic E-state index is -0.266. The Morgan fingerprint density at radius 1 is 1.18 bits per heavy atom. The molecule has 154 valence electrons. The van der Waals surface area contributed by atoms with Crippen LogP contribution in [0.25, 0.3) is 0 Å². The number of hydrogen-bond donors (Lipinski definition) is 1. The molecule has 28 heavy (non-hydrogen) atoms. The fraction of sp³-hybridized carbons (Fsp3) is 0.632. The van der Waals surface area contributed by atoms with Gasteiger partial charge in [-0.2, -0.15) is 0 Å². The number of ether oxygens (including phenoxy) is 2. The second kappa shape index (κ2) is 10.2. The largest absolute Gasteiger partial charge is 0.450 e. The van der Waals surface area contributed by atoms with Gasteiger partial charge in [-0.15, -0.1) is 0 Å². The summed E-state index contributed by atoms with van der Waals surface area (Å²) in [6.07, 6.45) is 1.39. The molecule has 0 radical (unpaired) electrons. The van der Waals surface area contributed by atoms with Gasteiger partial charge in [0.1, 0.15) is 5.69 Å². The van der Waals surface area contributed by atoms with Crippen LogP contribution < -0.4 is 10.2 Å². The summed E-state index contributed by atoms with van der Waals surface area (Å²) in [5.41, 5.74) is 1.35. The smallest absolute Gasteiger partial charge is 0.409 e. The first-order chi connectivity index (χ1) is 13.7. The Labute approximate surface area is 165 Å². The van der Waals surface area contributed by atoms with Gasteiger partial charge < -0.3 is 24.6 Å². The average molecular weight is 391 g/mol. The van der Waals surface area contributed by atoms with E-state index in [-0.39, 0.29) is 12.0 Å². The highest BCUT2D eigenvalue weighted by molar-refractivity contribution is 5.93. The maximum Gasteiger partial charge on any atom is 0.409 e. The molecule has 2 saturated heterocycles. The van der Waals surface area contributed by atoms with Crippen molar-refractivity contribution in [2.24, 2.45) is 0 Å². The molecule has 0 saturated carbocycles. The molecule has 1 N–H and O–H groups in total. The van der Waals surface area contributed by atoms with E-state index in [1.54, 1.807) is 18.0 Å². The van der Waals surface area contributed by atoms with Crippen LogP contribution in [0.4, 0.5) is 10.5 Å². The number of pyridine rings is 1. The average Bonchev–Trinajstić information content (AvgIpc) is 2.75. The quantitative estimate of drug-likeness (QED) is 0.752. The topological polar surface area (TPSA) is 87.2 Å². The molecule has 0 unspecified atom stereocenters. The molecule has 3 heterocycles. The molecule has 9 nitrogen and oxygen atoms in total. The van der Waals surface area contributed by atoms with Crippen molar-refractivity contribution in [1.82, 2.24) is 20.1 Å². The Morgan fingerprint density at radius 2 is 1.93 bits per heavy atom. The highest BCUT2D eigenvalue weighted by Gasteiger charge is 2.22. The molecule has 0 spiro atoms. The van der Waals surface area contributed by atoms with Crippen LogP contribution in [0, 0.1) is 0 Å². The lowest BCUT2D eigenvalue weighted by molar-refractivity contribution is 0.0383. The number of anilines is 1. The van der Waals surface area contributed by atoms with Crippen LogP contribution in [0.15, 0.2) is 18.3 Å². The molecule has 0 aliphatic carbocycles. The van der Waals surface area contributed by atoms with Crippen LogP contribution in [0.3, 0.4) is 0 Å². The predicted octanol–water partition coefficient (Wildman–Crippen LogP) is 0.422. The molecule has 1 aromatic heterocycles. The number of nitrogens with zero attached hydrogens (tertiary/aromatic N) is 4. The first-order valence-corrected chi connectivity index (χ1v) is 9.88. The SMILES string of the molecule is CCOC(=O)N1CCN(c2ccnc(C(=O)NCCN3CCOCC3)c2)CC1. The van der Waals surface area contributed by atoms with Crippen molar-refractivity contribution in [1.29, 1.82) is 0 Å². The molecule has 2 fully saturated rings. The van der Waals surface area contributed by atoms with Gasteiger partial charge in [0.25, 0.3) is 5.91 Å². The number of carbonyl (C=O) groups is 2. The number of piperazine rings is 1. The zero-order chi connectivity index (χ0) is 19.8. The van der Waals surface area contributed by atoms with Crippen molar-refractivity contribution >= 4 is 17.7 Å². The number of hydrogen-bond acceptors (Lipinski definition) is 7. The van der Waals surface area contributed by atoms with E-state index in [1.165, 1.54) is 0 Å². The monoisotopic (exact) mass is 391 g/mol. The van der Waals surface area contributed by atoms with Gasteiger partial charge in [0, 0.05) is 64.2 Å². The fourth-order valence-corrected chi connectivity index (χ4v) is 3.35. The number of amides is 2. The minimum absolute atomic E-state index is 0.166. The third kappa shape index (κ3) is 5.56. The van der Waals surface area contributed by atoms with E-state index in [2.05, 4.69) is 20.1 Å². The maximum absolute atomic E-state index is 12.4. The maximum atomic E-state index is 12.4. The number of rotatable bonds is 6. The summed E-state index contributed by atoms with van der Waals surface area (Å²) in [6, 6.07) is 3.70. The van der Waals surface area contributed by atoms with Crippen molar-refractivity contribution < 1.29 is 19.1 Å². The van der Waals surface area contributed by atoms with E-state index in [9.17, 15) is 9.59 Å². The summed E-state index contributed by atoms with van der Waals surface area (Å²) in [7, 11) is 0. The molecule has 9 heteroatoms. The van der Waals surface area contributed by atoms with E-state index >= 15 is 0 Å². The van der Waals surface area contributed by atoms with Gasteiger partial charge in [-0.25, -0.2) is 4.79 Å². The van der Waals surface area contributed by atoms with Crippen LogP contribution in [0.1, 0.15) is 17.4 Å². The number of aromatic nitrogens is 1. The number of nitrogens with one attached hydrogen (secondary N) is 1. The fourth-order valence-electron chi connectivity index (χ4n) is 3.35. The molecule has 2 aliphatic heterocycles. The van der Waals surface area contributed by atoms with Crippen LogP contribution in [0.5, 0.6) is 0 Å². The second-order valence-corrected chi connectivity index (χ2v) is 6.78. The lowest BCUT2D eigenvalue weighted by Gasteiger charge is -2.35. The van der Waals surface area contributed by atoms with Crippen molar-refractivity contribution in [3.8, 4) is 0 Å². The van der Waals surface area contributed by atoms with Gasteiger partial charge in [-0.3, -0.25) is 14.7 Å². The first kappa shape index (κ1) is 20.3. The van der Waals surface area contributed by atoms with Gasteiger partial charge in [-0.1, -0.05) is 0 Å². The molecule has 2 amide bonds. The Kier molecular flexibility index (Phi) is 7.44. The lowest BCUT2D eigenvalue weighted by Crippen LogP contribution is -2.49. The molecule has 1 aromatic rings. The Balaban J connectivity index is 1.48. The Hall–Kier alpha value is -2.39. The summed E-state index contributed by atoms with van der Waals surface area (Å²) in [5.74, 6) is -0.166. The van der Waals surface area contributed by atoms with Crippen molar-refractivity contribution in [3.05, 3.63) is 24.0 Å². The van der Waals surface area contributed by atoms with Gasteiger partial charge in [-0.05, 0) is 19.1 Å². The Bertz CT molecular complexity index is 657. The minimum Gasteiger partial charge on any atom is -0.450 e. The molecular formula is C19H29N5O4. The van der Waals surface area contributed by atoms with Crippen LogP contribution in [0.2, 0.25) is 0 Å². The van der Waals surface area contributed by atoms with Gasteiger partial charge in [0.2, 0.25) is 0 Å². The van der Waals surface area contributed by atoms with Gasteiger partial charge >= 0.3 is 6.09 Å². The summed E-state index contributed by atoms with van der Waals surface area (Å²) >= 11 is 0. The van der Waals surface area contributed by atoms with Crippen LogP contribution >= 0.6 is 0 Å². The summed E-state index contributed by atoms with van der Waals surface area (Å²) in [4.78, 5) is 34.6. The zero-order valence-corrected chi connectivity index (χ0v) is 16.4. The third-order valence-electron chi connectivity index (χ3n) is 4.96. The van der Waals surface area contributed by atoms with E-state index in [0.717, 1.165) is 38.5 Å². The second-order valence-electron chi connectivity index (χ2n) is 6.78. The molecule has 0 bridgehead atoms. The lowest BCUT2D eigenvalue weighted by atomic mass is 10.2. The van der Waals surface area contributed by atoms with E-state index in [4.69, 9.17) is 9.47 Å². The first-order valence-electron chi connectivity index (χ1n) is 9.88. The summed E-state index contributed by atoms with van der Waals surface area (Å²) < 4.78 is 10.4. The van der Waals surface area contributed by atoms with Crippen LogP contribution in [-0.4, -0.2) is 99.0 Å². The number of carbonyl (C=O) groups excluding carboxylic acids is 2. The molecule has 0 aromatic carbocycles. The molecule has 3 rings (SSSR count). The van der Waals surface area contributed by atoms with E-state index in [1.807, 2.05) is 12.1 Å². The van der Waals surface area contributed by atoms with E-state index in [0.29, 0.717) is 45.0 Å². The van der Waals surface area contributed by atoms with Crippen molar-refractivity contribution in [2.75, 3.05) is 77.1 Å². The van der Waals surface area contributed by atoms with Crippen molar-refractivity contribution in [3.63, 3.8) is 0 Å². The molecule has 0 atom stereocenters. The Morgan fingerprint density at radius 3 is 2.64 bits per heavy atom. The molecule has 2 aliphatic rings.